The lowest BCUT2D eigenvalue weighted by Crippen LogP contribution is -2.39. The van der Waals surface area contributed by atoms with E-state index in [1.54, 1.807) is 22.3 Å². The Kier molecular flexibility index (Phi) is 5.12. The maximum atomic E-state index is 2.61. The fourth-order valence-corrected chi connectivity index (χ4v) is 11.1. The Morgan fingerprint density at radius 2 is 0.897 bits per heavy atom. The third kappa shape index (κ3) is 3.32. The molecule has 0 saturated carbocycles. The van der Waals surface area contributed by atoms with Crippen LogP contribution in [0.1, 0.15) is 38.8 Å². The van der Waals surface area contributed by atoms with Gasteiger partial charge in [-0.25, -0.2) is 0 Å². The average Bonchev–Trinajstić information content (AvgIpc) is 3.18. The van der Waals surface area contributed by atoms with E-state index in [1.807, 2.05) is 0 Å². The van der Waals surface area contributed by atoms with E-state index in [4.69, 9.17) is 0 Å². The molecule has 2 atom stereocenters. The molecule has 4 rings (SSSR count). The maximum Gasteiger partial charge on any atom is 0.0722 e. The van der Waals surface area contributed by atoms with Crippen molar-refractivity contribution < 1.29 is 0 Å². The highest BCUT2D eigenvalue weighted by Crippen LogP contribution is 2.58. The van der Waals surface area contributed by atoms with Crippen LogP contribution in [0.15, 0.2) is 95.1 Å². The van der Waals surface area contributed by atoms with E-state index in [1.165, 1.54) is 22.3 Å². The van der Waals surface area contributed by atoms with Crippen LogP contribution in [0, 0.1) is 0 Å². The van der Waals surface area contributed by atoms with Crippen molar-refractivity contribution in [2.45, 2.75) is 51.9 Å². The molecule has 0 saturated heterocycles. The maximum absolute atomic E-state index is 2.61. The Morgan fingerprint density at radius 1 is 0.552 bits per heavy atom. The molecular formula is C28H32Si. The van der Waals surface area contributed by atoms with Gasteiger partial charge in [-0.1, -0.05) is 97.1 Å². The molecular weight excluding hydrogens is 364 g/mol. The summed E-state index contributed by atoms with van der Waals surface area (Å²) in [6, 6.07) is 22.1. The van der Waals surface area contributed by atoms with Gasteiger partial charge in [0, 0.05) is 11.1 Å². The highest BCUT2D eigenvalue weighted by molar-refractivity contribution is 6.85. The molecule has 2 unspecified atom stereocenters. The summed E-state index contributed by atoms with van der Waals surface area (Å²) in [5, 5.41) is 0. The predicted octanol–water partition coefficient (Wildman–Crippen LogP) is 8.30. The molecule has 0 aliphatic heterocycles. The number of hydrogen-bond acceptors (Lipinski definition) is 0. The highest BCUT2D eigenvalue weighted by Gasteiger charge is 2.47. The van der Waals surface area contributed by atoms with Gasteiger partial charge >= 0.3 is 0 Å². The van der Waals surface area contributed by atoms with Gasteiger partial charge in [0.1, 0.15) is 0 Å². The minimum atomic E-state index is -1.79. The lowest BCUT2D eigenvalue weighted by Gasteiger charge is -2.41. The van der Waals surface area contributed by atoms with E-state index >= 15 is 0 Å². The third-order valence-corrected chi connectivity index (χ3v) is 11.3. The van der Waals surface area contributed by atoms with E-state index in [0.717, 1.165) is 0 Å². The summed E-state index contributed by atoms with van der Waals surface area (Å²) in [5.74, 6) is 0. The summed E-state index contributed by atoms with van der Waals surface area (Å²) in [7, 11) is -1.79. The van der Waals surface area contributed by atoms with Crippen molar-refractivity contribution in [1.29, 1.82) is 0 Å². The quantitative estimate of drug-likeness (QED) is 0.456. The summed E-state index contributed by atoms with van der Waals surface area (Å²) in [4.78, 5) is 0. The SMILES string of the molecule is CC1=CC(C)=C(c2ccccc2)C1[Si](C)(C)C1C(C)=CC(C)=C1c1ccccc1. The van der Waals surface area contributed by atoms with Gasteiger partial charge in [-0.3, -0.25) is 0 Å². The van der Waals surface area contributed by atoms with Crippen molar-refractivity contribution in [2.75, 3.05) is 0 Å². The van der Waals surface area contributed by atoms with Crippen LogP contribution in [-0.4, -0.2) is 8.07 Å². The van der Waals surface area contributed by atoms with Gasteiger partial charge in [-0.2, -0.15) is 0 Å². The Balaban J connectivity index is 1.83. The predicted molar refractivity (Wildman–Crippen MR) is 131 cm³/mol. The molecule has 2 aliphatic rings. The van der Waals surface area contributed by atoms with Crippen LogP contribution in [0.5, 0.6) is 0 Å². The second kappa shape index (κ2) is 7.46. The van der Waals surface area contributed by atoms with Crippen molar-refractivity contribution >= 4 is 19.2 Å². The summed E-state index contributed by atoms with van der Waals surface area (Å²) < 4.78 is 0. The molecule has 0 N–H and O–H groups in total. The Labute approximate surface area is 177 Å². The van der Waals surface area contributed by atoms with Crippen LogP contribution in [0.25, 0.3) is 11.1 Å². The molecule has 0 aromatic heterocycles. The first-order valence-corrected chi connectivity index (χ1v) is 13.9. The summed E-state index contributed by atoms with van der Waals surface area (Å²) in [6.07, 6.45) is 4.88. The molecule has 0 amide bonds. The third-order valence-electron chi connectivity index (χ3n) is 6.88. The number of benzene rings is 2. The summed E-state index contributed by atoms with van der Waals surface area (Å²) >= 11 is 0. The van der Waals surface area contributed by atoms with Crippen molar-refractivity contribution in [2.24, 2.45) is 0 Å². The van der Waals surface area contributed by atoms with Gasteiger partial charge < -0.3 is 0 Å². The normalized spacial score (nSPS) is 22.3. The molecule has 0 radical (unpaired) electrons. The molecule has 0 spiro atoms. The fraction of sp³-hybridized carbons (Fsp3) is 0.286. The van der Waals surface area contributed by atoms with E-state index in [-0.39, 0.29) is 0 Å². The van der Waals surface area contributed by atoms with E-state index in [2.05, 4.69) is 114 Å². The summed E-state index contributed by atoms with van der Waals surface area (Å²) in [5.41, 5.74) is 13.0. The van der Waals surface area contributed by atoms with Crippen molar-refractivity contribution in [3.05, 3.63) is 106 Å². The lowest BCUT2D eigenvalue weighted by molar-refractivity contribution is 1.08. The van der Waals surface area contributed by atoms with Gasteiger partial charge in [-0.05, 0) is 61.1 Å². The second-order valence-electron chi connectivity index (χ2n) is 9.39. The molecule has 29 heavy (non-hydrogen) atoms. The van der Waals surface area contributed by atoms with Crippen LogP contribution in [0.2, 0.25) is 24.2 Å². The molecule has 0 fully saturated rings. The zero-order chi connectivity index (χ0) is 20.8. The second-order valence-corrected chi connectivity index (χ2v) is 14.2. The van der Waals surface area contributed by atoms with Gasteiger partial charge in [0.05, 0.1) is 8.07 Å². The van der Waals surface area contributed by atoms with Crippen LogP contribution in [0.4, 0.5) is 0 Å². The molecule has 148 valence electrons. The van der Waals surface area contributed by atoms with Crippen LogP contribution >= 0.6 is 0 Å². The Hall–Kier alpha value is -2.38. The van der Waals surface area contributed by atoms with E-state index in [9.17, 15) is 0 Å². The minimum Gasteiger partial charge on any atom is -0.0682 e. The molecule has 0 nitrogen and oxygen atoms in total. The van der Waals surface area contributed by atoms with Crippen LogP contribution < -0.4 is 0 Å². The van der Waals surface area contributed by atoms with Crippen LogP contribution in [-0.2, 0) is 0 Å². The highest BCUT2D eigenvalue weighted by atomic mass is 28.3. The largest absolute Gasteiger partial charge is 0.0722 e. The standard InChI is InChI=1S/C28H32Si/c1-19-17-21(3)27(25(19)23-13-9-7-10-14-23)29(5,6)28-22(4)18-20(2)26(28)24-15-11-8-12-16-24/h7-18,27-28H,1-6H3. The zero-order valence-corrected chi connectivity index (χ0v) is 19.6. The molecule has 2 aromatic rings. The molecule has 2 aromatic carbocycles. The smallest absolute Gasteiger partial charge is 0.0682 e. The Bertz CT molecular complexity index is 961. The van der Waals surface area contributed by atoms with E-state index < -0.39 is 8.07 Å². The minimum absolute atomic E-state index is 0.544. The molecule has 1 heteroatoms. The van der Waals surface area contributed by atoms with Crippen molar-refractivity contribution in [3.8, 4) is 0 Å². The molecule has 2 aliphatic carbocycles. The number of allylic oxidation sites excluding steroid dienone is 8. The monoisotopic (exact) mass is 396 g/mol. The van der Waals surface area contributed by atoms with Crippen LogP contribution in [0.3, 0.4) is 0 Å². The average molecular weight is 397 g/mol. The number of hydrogen-bond donors (Lipinski definition) is 0. The molecule has 0 heterocycles. The van der Waals surface area contributed by atoms with Gasteiger partial charge in [0.15, 0.2) is 0 Å². The fourth-order valence-electron chi connectivity index (χ4n) is 6.02. The van der Waals surface area contributed by atoms with Gasteiger partial charge in [-0.15, -0.1) is 0 Å². The summed E-state index contributed by atoms with van der Waals surface area (Å²) in [6.45, 7) is 14.5. The zero-order valence-electron chi connectivity index (χ0n) is 18.6. The lowest BCUT2D eigenvalue weighted by atomic mass is 9.99. The van der Waals surface area contributed by atoms with E-state index in [0.29, 0.717) is 11.1 Å². The van der Waals surface area contributed by atoms with Gasteiger partial charge in [0.2, 0.25) is 0 Å². The number of rotatable bonds is 4. The van der Waals surface area contributed by atoms with Crippen molar-refractivity contribution in [3.63, 3.8) is 0 Å². The first-order chi connectivity index (χ1) is 13.8. The first kappa shape index (κ1) is 19.9. The first-order valence-electron chi connectivity index (χ1n) is 10.7. The van der Waals surface area contributed by atoms with Crippen molar-refractivity contribution in [1.82, 2.24) is 0 Å². The topological polar surface area (TPSA) is 0 Å². The van der Waals surface area contributed by atoms with Gasteiger partial charge in [0.25, 0.3) is 0 Å². The Morgan fingerprint density at radius 3 is 1.24 bits per heavy atom. The molecule has 0 bridgehead atoms.